The van der Waals surface area contributed by atoms with Crippen LogP contribution in [0.4, 0.5) is 13.2 Å². The zero-order chi connectivity index (χ0) is 18.1. The molecular weight excluding hydrogens is 353 g/mol. The fourth-order valence-corrected chi connectivity index (χ4v) is 3.88. The number of fused-ring (bicyclic) bond motifs is 1. The number of benzene rings is 2. The van der Waals surface area contributed by atoms with Crippen LogP contribution in [-0.2, 0) is 22.6 Å². The minimum atomic E-state index is -4.77. The summed E-state index contributed by atoms with van der Waals surface area (Å²) in [6, 6.07) is 11.5. The van der Waals surface area contributed by atoms with E-state index in [9.17, 15) is 21.6 Å². The topological polar surface area (TPSA) is 58.5 Å². The van der Waals surface area contributed by atoms with E-state index in [-0.39, 0.29) is 0 Å². The third-order valence-electron chi connectivity index (χ3n) is 3.97. The second-order valence-corrected chi connectivity index (χ2v) is 7.29. The summed E-state index contributed by atoms with van der Waals surface area (Å²) < 4.78 is 63.8. The number of hydrazone groups is 1. The summed E-state index contributed by atoms with van der Waals surface area (Å²) in [6.45, 7) is 0. The van der Waals surface area contributed by atoms with Gasteiger partial charge in [0.1, 0.15) is 4.90 Å². The van der Waals surface area contributed by atoms with Crippen LogP contribution in [0.5, 0.6) is 0 Å². The fraction of sp³-hybridized carbons (Fsp3) is 0.235. The number of hydrogen-bond acceptors (Lipinski definition) is 3. The second kappa shape index (κ2) is 6.51. The fourth-order valence-electron chi connectivity index (χ4n) is 2.82. The van der Waals surface area contributed by atoms with Crippen molar-refractivity contribution >= 4 is 15.7 Å². The average molecular weight is 368 g/mol. The molecule has 25 heavy (non-hydrogen) atoms. The van der Waals surface area contributed by atoms with Crippen molar-refractivity contribution in [2.45, 2.75) is 30.3 Å². The summed E-state index contributed by atoms with van der Waals surface area (Å²) in [5.74, 6) is 0. The molecule has 4 nitrogen and oxygen atoms in total. The van der Waals surface area contributed by atoms with E-state index in [4.69, 9.17) is 0 Å². The van der Waals surface area contributed by atoms with Gasteiger partial charge in [-0.2, -0.15) is 31.5 Å². The Labute approximate surface area is 143 Å². The van der Waals surface area contributed by atoms with Crippen LogP contribution in [-0.4, -0.2) is 14.1 Å². The van der Waals surface area contributed by atoms with Gasteiger partial charge in [0.15, 0.2) is 0 Å². The quantitative estimate of drug-likeness (QED) is 0.840. The van der Waals surface area contributed by atoms with Crippen LogP contribution in [0.1, 0.15) is 29.5 Å². The van der Waals surface area contributed by atoms with E-state index >= 15 is 0 Å². The van der Waals surface area contributed by atoms with Crippen molar-refractivity contribution < 1.29 is 21.6 Å². The maximum Gasteiger partial charge on any atom is 0.417 e. The van der Waals surface area contributed by atoms with Gasteiger partial charge < -0.3 is 0 Å². The summed E-state index contributed by atoms with van der Waals surface area (Å²) in [6.07, 6.45) is -2.55. The molecular formula is C17H15F3N2O2S. The molecule has 1 aliphatic rings. The van der Waals surface area contributed by atoms with Gasteiger partial charge in [-0.3, -0.25) is 0 Å². The molecule has 0 saturated heterocycles. The van der Waals surface area contributed by atoms with Crippen LogP contribution in [0.2, 0.25) is 0 Å². The Balaban J connectivity index is 1.95. The Hall–Kier alpha value is -2.35. The van der Waals surface area contributed by atoms with Gasteiger partial charge in [-0.1, -0.05) is 36.4 Å². The number of hydrogen-bond donors (Lipinski definition) is 1. The van der Waals surface area contributed by atoms with Gasteiger partial charge in [0.2, 0.25) is 0 Å². The standard InChI is InChI=1S/C17H15F3N2O2S/c18-17(19,20)14-9-3-4-11-16(14)25(23,24)22-21-15-10-5-7-12-6-1-2-8-13(12)15/h1-4,6,8-9,11,22H,5,7,10H2/b21-15+. The molecule has 3 rings (SSSR count). The van der Waals surface area contributed by atoms with E-state index in [0.29, 0.717) is 12.1 Å². The molecule has 2 aromatic carbocycles. The maximum atomic E-state index is 13.0. The van der Waals surface area contributed by atoms with Crippen molar-refractivity contribution in [2.24, 2.45) is 5.10 Å². The van der Waals surface area contributed by atoms with Gasteiger partial charge in [0, 0.05) is 5.56 Å². The molecule has 0 radical (unpaired) electrons. The third-order valence-corrected chi connectivity index (χ3v) is 5.24. The van der Waals surface area contributed by atoms with Crippen LogP contribution in [0.3, 0.4) is 0 Å². The van der Waals surface area contributed by atoms with Crippen LogP contribution in [0.25, 0.3) is 0 Å². The lowest BCUT2D eigenvalue weighted by Gasteiger charge is -2.18. The predicted molar refractivity (Wildman–Crippen MR) is 87.7 cm³/mol. The van der Waals surface area contributed by atoms with Gasteiger partial charge >= 0.3 is 6.18 Å². The molecule has 2 aromatic rings. The first kappa shape index (κ1) is 17.5. The van der Waals surface area contributed by atoms with E-state index in [1.165, 1.54) is 6.07 Å². The highest BCUT2D eigenvalue weighted by Crippen LogP contribution is 2.33. The predicted octanol–water partition coefficient (Wildman–Crippen LogP) is 3.72. The Morgan fingerprint density at radius 2 is 1.64 bits per heavy atom. The van der Waals surface area contributed by atoms with Gasteiger partial charge in [-0.25, -0.2) is 0 Å². The Bertz CT molecular complexity index is 921. The minimum absolute atomic E-state index is 0.523. The van der Waals surface area contributed by atoms with E-state index in [1.54, 1.807) is 0 Å². The Morgan fingerprint density at radius 3 is 2.40 bits per heavy atom. The lowest BCUT2D eigenvalue weighted by Crippen LogP contribution is -2.25. The second-order valence-electron chi connectivity index (χ2n) is 5.66. The zero-order valence-electron chi connectivity index (χ0n) is 13.0. The molecule has 0 spiro atoms. The van der Waals surface area contributed by atoms with E-state index in [2.05, 4.69) is 5.10 Å². The highest BCUT2D eigenvalue weighted by molar-refractivity contribution is 7.89. The van der Waals surface area contributed by atoms with Gasteiger partial charge in [0.25, 0.3) is 10.0 Å². The molecule has 0 bridgehead atoms. The van der Waals surface area contributed by atoms with E-state index in [1.807, 2.05) is 29.1 Å². The van der Waals surface area contributed by atoms with Crippen LogP contribution in [0.15, 0.2) is 58.5 Å². The van der Waals surface area contributed by atoms with Crippen LogP contribution >= 0.6 is 0 Å². The molecule has 0 saturated carbocycles. The monoisotopic (exact) mass is 368 g/mol. The molecule has 132 valence electrons. The number of rotatable bonds is 3. The SMILES string of the molecule is O=S(=O)(N/N=C1\CCCc2ccccc21)c1ccccc1C(F)(F)F. The lowest BCUT2D eigenvalue weighted by atomic mass is 9.90. The van der Waals surface area contributed by atoms with Gasteiger partial charge in [0.05, 0.1) is 11.3 Å². The lowest BCUT2D eigenvalue weighted by molar-refractivity contribution is -0.139. The summed E-state index contributed by atoms with van der Waals surface area (Å²) in [5, 5.41) is 3.91. The van der Waals surface area contributed by atoms with Gasteiger partial charge in [-0.15, -0.1) is 0 Å². The highest BCUT2D eigenvalue weighted by atomic mass is 32.2. The molecule has 0 aliphatic heterocycles. The van der Waals surface area contributed by atoms with E-state index in [0.717, 1.165) is 42.2 Å². The van der Waals surface area contributed by atoms with Crippen molar-refractivity contribution in [3.63, 3.8) is 0 Å². The number of alkyl halides is 3. The van der Waals surface area contributed by atoms with Crippen molar-refractivity contribution in [1.29, 1.82) is 0 Å². The number of halogens is 3. The molecule has 0 amide bonds. The zero-order valence-corrected chi connectivity index (χ0v) is 13.9. The average Bonchev–Trinajstić information content (AvgIpc) is 2.59. The molecule has 0 heterocycles. The minimum Gasteiger partial charge on any atom is -0.200 e. The highest BCUT2D eigenvalue weighted by Gasteiger charge is 2.36. The number of nitrogens with one attached hydrogen (secondary N) is 1. The summed E-state index contributed by atoms with van der Waals surface area (Å²) in [5.41, 5.74) is 1.17. The molecule has 0 fully saturated rings. The number of sulfonamides is 1. The number of aryl methyl sites for hydroxylation is 1. The molecule has 0 unspecified atom stereocenters. The maximum absolute atomic E-state index is 13.0. The van der Waals surface area contributed by atoms with Crippen LogP contribution < -0.4 is 4.83 Å². The molecule has 1 N–H and O–H groups in total. The molecule has 0 atom stereocenters. The first-order valence-electron chi connectivity index (χ1n) is 7.62. The Kier molecular flexibility index (Phi) is 4.55. The van der Waals surface area contributed by atoms with Crippen molar-refractivity contribution in [3.05, 3.63) is 65.2 Å². The first-order chi connectivity index (χ1) is 11.8. The Morgan fingerprint density at radius 1 is 0.960 bits per heavy atom. The normalized spacial score (nSPS) is 16.5. The van der Waals surface area contributed by atoms with Crippen molar-refractivity contribution in [1.82, 2.24) is 4.83 Å². The first-order valence-corrected chi connectivity index (χ1v) is 9.10. The summed E-state index contributed by atoms with van der Waals surface area (Å²) >= 11 is 0. The molecule has 1 aliphatic carbocycles. The van der Waals surface area contributed by atoms with Gasteiger partial charge in [-0.05, 0) is 37.0 Å². The summed E-state index contributed by atoms with van der Waals surface area (Å²) in [4.78, 5) is 1.12. The number of nitrogens with zero attached hydrogens (tertiary/aromatic N) is 1. The molecule has 8 heteroatoms. The van der Waals surface area contributed by atoms with Crippen molar-refractivity contribution in [3.8, 4) is 0 Å². The smallest absolute Gasteiger partial charge is 0.200 e. The van der Waals surface area contributed by atoms with Crippen LogP contribution in [0, 0.1) is 0 Å². The molecule has 0 aromatic heterocycles. The third kappa shape index (κ3) is 3.68. The van der Waals surface area contributed by atoms with Crippen molar-refractivity contribution in [2.75, 3.05) is 0 Å². The largest absolute Gasteiger partial charge is 0.417 e. The summed E-state index contributed by atoms with van der Waals surface area (Å²) in [7, 11) is -4.43. The van der Waals surface area contributed by atoms with E-state index < -0.39 is 26.7 Å².